The zero-order chi connectivity index (χ0) is 21.0. The van der Waals surface area contributed by atoms with Gasteiger partial charge in [0, 0.05) is 16.9 Å². The molecule has 5 N–H and O–H groups in total. The van der Waals surface area contributed by atoms with Gasteiger partial charge in [0.2, 0.25) is 0 Å². The molecule has 29 heavy (non-hydrogen) atoms. The number of nitrogens with one attached hydrogen (secondary N) is 2. The van der Waals surface area contributed by atoms with Gasteiger partial charge in [0.25, 0.3) is 11.5 Å². The molecule has 0 radical (unpaired) electrons. The van der Waals surface area contributed by atoms with E-state index in [1.54, 1.807) is 37.3 Å². The van der Waals surface area contributed by atoms with Gasteiger partial charge in [-0.2, -0.15) is 0 Å². The average molecular weight is 391 g/mol. The molecule has 0 fully saturated rings. The number of carboxylic acid groups (broad SMARTS) is 1. The molecule has 0 saturated carbocycles. The summed E-state index contributed by atoms with van der Waals surface area (Å²) in [7, 11) is 0. The highest BCUT2D eigenvalue weighted by atomic mass is 16.4. The molecule has 0 spiro atoms. The molecule has 0 aliphatic rings. The van der Waals surface area contributed by atoms with Crippen LogP contribution in [0.15, 0.2) is 65.5 Å². The smallest absolute Gasteiger partial charge is 0.320 e. The largest absolute Gasteiger partial charge is 0.480 e. The van der Waals surface area contributed by atoms with Gasteiger partial charge < -0.3 is 21.1 Å². The Balaban J connectivity index is 1.86. The number of pyridine rings is 1. The van der Waals surface area contributed by atoms with E-state index in [9.17, 15) is 14.4 Å². The Kier molecular flexibility index (Phi) is 5.90. The number of aryl methyl sites for hydroxylation is 1. The van der Waals surface area contributed by atoms with Crippen LogP contribution in [0, 0.1) is 6.92 Å². The molecule has 1 heterocycles. The van der Waals surface area contributed by atoms with Gasteiger partial charge in [-0.25, -0.2) is 0 Å². The minimum Gasteiger partial charge on any atom is -0.480 e. The first-order valence-corrected chi connectivity index (χ1v) is 9.03. The summed E-state index contributed by atoms with van der Waals surface area (Å²) in [6.07, 6.45) is 0.127. The van der Waals surface area contributed by atoms with Gasteiger partial charge in [-0.1, -0.05) is 42.5 Å². The zero-order valence-corrected chi connectivity index (χ0v) is 15.8. The maximum absolute atomic E-state index is 12.7. The molecule has 0 unspecified atom stereocenters. The summed E-state index contributed by atoms with van der Waals surface area (Å²) in [5.41, 5.74) is 8.51. The van der Waals surface area contributed by atoms with Crippen molar-refractivity contribution in [2.75, 3.05) is 5.32 Å². The molecule has 1 amide bonds. The summed E-state index contributed by atoms with van der Waals surface area (Å²) in [5.74, 6) is -1.65. The Morgan fingerprint density at radius 1 is 1.10 bits per heavy atom. The molecule has 7 nitrogen and oxygen atoms in total. The van der Waals surface area contributed by atoms with Gasteiger partial charge in [0.05, 0.1) is 0 Å². The van der Waals surface area contributed by atoms with Crippen LogP contribution in [0.2, 0.25) is 0 Å². The summed E-state index contributed by atoms with van der Waals surface area (Å²) < 4.78 is 0. The summed E-state index contributed by atoms with van der Waals surface area (Å²) in [4.78, 5) is 38.7. The first-order chi connectivity index (χ1) is 13.8. The number of aromatic nitrogens is 1. The van der Waals surface area contributed by atoms with E-state index < -0.39 is 23.5 Å². The summed E-state index contributed by atoms with van der Waals surface area (Å²) in [5, 5.41) is 11.6. The molecule has 3 aromatic rings. The van der Waals surface area contributed by atoms with E-state index in [-0.39, 0.29) is 12.0 Å². The third-order valence-electron chi connectivity index (χ3n) is 4.53. The normalized spacial score (nSPS) is 11.7. The van der Waals surface area contributed by atoms with Gasteiger partial charge in [-0.3, -0.25) is 14.4 Å². The van der Waals surface area contributed by atoms with Gasteiger partial charge >= 0.3 is 5.97 Å². The molecule has 0 aliphatic heterocycles. The Hall–Kier alpha value is -3.71. The highest BCUT2D eigenvalue weighted by Gasteiger charge is 2.16. The fourth-order valence-corrected chi connectivity index (χ4v) is 3.03. The van der Waals surface area contributed by atoms with Crippen LogP contribution in [0.4, 0.5) is 5.69 Å². The van der Waals surface area contributed by atoms with Crippen molar-refractivity contribution in [2.24, 2.45) is 5.73 Å². The number of rotatable bonds is 6. The minimum atomic E-state index is -1.10. The molecule has 7 heteroatoms. The van der Waals surface area contributed by atoms with Crippen molar-refractivity contribution in [2.45, 2.75) is 19.4 Å². The number of hydrogen-bond acceptors (Lipinski definition) is 4. The number of amides is 1. The number of nitrogens with two attached hydrogens (primary N) is 1. The first-order valence-electron chi connectivity index (χ1n) is 9.03. The molecule has 0 saturated heterocycles. The average Bonchev–Trinajstić information content (AvgIpc) is 2.68. The van der Waals surface area contributed by atoms with E-state index in [4.69, 9.17) is 10.8 Å². The summed E-state index contributed by atoms with van der Waals surface area (Å²) in [6.45, 7) is 1.78. The minimum absolute atomic E-state index is 0.0120. The second-order valence-electron chi connectivity index (χ2n) is 6.72. The highest BCUT2D eigenvalue weighted by Crippen LogP contribution is 2.22. The van der Waals surface area contributed by atoms with Crippen LogP contribution < -0.4 is 16.6 Å². The predicted molar refractivity (Wildman–Crippen MR) is 111 cm³/mol. The van der Waals surface area contributed by atoms with Crippen molar-refractivity contribution in [1.82, 2.24) is 4.98 Å². The van der Waals surface area contributed by atoms with Crippen LogP contribution in [-0.2, 0) is 11.2 Å². The van der Waals surface area contributed by atoms with Crippen LogP contribution in [0.25, 0.3) is 11.1 Å². The number of carbonyl (C=O) groups is 2. The van der Waals surface area contributed by atoms with Crippen molar-refractivity contribution < 1.29 is 14.7 Å². The number of anilines is 1. The monoisotopic (exact) mass is 391 g/mol. The lowest BCUT2D eigenvalue weighted by atomic mass is 10.0. The van der Waals surface area contributed by atoms with E-state index in [0.29, 0.717) is 16.9 Å². The van der Waals surface area contributed by atoms with Crippen molar-refractivity contribution in [3.05, 3.63) is 87.8 Å². The molecule has 2 aromatic carbocycles. The van der Waals surface area contributed by atoms with Crippen molar-refractivity contribution >= 4 is 17.6 Å². The Morgan fingerprint density at radius 3 is 2.52 bits per heavy atom. The number of hydrogen-bond donors (Lipinski definition) is 4. The Labute approximate surface area is 167 Å². The standard InChI is InChI=1S/C22H21N3O4/c1-13-17(15-7-3-2-4-8-15)12-18(20(26)24-13)21(27)25-16-9-5-6-14(10-16)11-19(23)22(28)29/h2-10,12,19H,11,23H2,1H3,(H,24,26)(H,25,27)(H,28,29)/t19-/m0/s1. The lowest BCUT2D eigenvalue weighted by Gasteiger charge is -2.11. The fourth-order valence-electron chi connectivity index (χ4n) is 3.03. The number of carboxylic acids is 1. The number of aliphatic carboxylic acids is 1. The van der Waals surface area contributed by atoms with E-state index in [1.807, 2.05) is 30.3 Å². The van der Waals surface area contributed by atoms with E-state index >= 15 is 0 Å². The third kappa shape index (κ3) is 4.77. The second-order valence-corrected chi connectivity index (χ2v) is 6.72. The zero-order valence-electron chi connectivity index (χ0n) is 15.8. The van der Waals surface area contributed by atoms with Gasteiger partial charge in [-0.15, -0.1) is 0 Å². The van der Waals surface area contributed by atoms with E-state index in [0.717, 1.165) is 11.1 Å². The fraction of sp³-hybridized carbons (Fsp3) is 0.136. The third-order valence-corrected chi connectivity index (χ3v) is 4.53. The van der Waals surface area contributed by atoms with Gasteiger partial charge in [0.1, 0.15) is 11.6 Å². The number of carbonyl (C=O) groups excluding carboxylic acids is 1. The number of aromatic amines is 1. The SMILES string of the molecule is Cc1[nH]c(=O)c(C(=O)Nc2cccc(C[C@H](N)C(=O)O)c2)cc1-c1ccccc1. The molecule has 3 rings (SSSR count). The van der Waals surface area contributed by atoms with Crippen molar-refractivity contribution in [1.29, 1.82) is 0 Å². The van der Waals surface area contributed by atoms with Crippen molar-refractivity contribution in [3.8, 4) is 11.1 Å². The predicted octanol–water partition coefficient (Wildman–Crippen LogP) is 2.56. The molecular weight excluding hydrogens is 370 g/mol. The van der Waals surface area contributed by atoms with Gasteiger partial charge in [-0.05, 0) is 42.7 Å². The molecular formula is C22H21N3O4. The maximum Gasteiger partial charge on any atom is 0.320 e. The van der Waals surface area contributed by atoms with Crippen LogP contribution in [0.5, 0.6) is 0 Å². The highest BCUT2D eigenvalue weighted by molar-refractivity contribution is 6.04. The Morgan fingerprint density at radius 2 is 1.83 bits per heavy atom. The summed E-state index contributed by atoms with van der Waals surface area (Å²) in [6, 6.07) is 16.7. The first kappa shape index (κ1) is 20.0. The Bertz CT molecular complexity index is 1110. The van der Waals surface area contributed by atoms with E-state index in [2.05, 4.69) is 10.3 Å². The molecule has 0 bridgehead atoms. The lowest BCUT2D eigenvalue weighted by Crippen LogP contribution is -2.32. The molecule has 1 aromatic heterocycles. The maximum atomic E-state index is 12.7. The van der Waals surface area contributed by atoms with Gasteiger partial charge in [0.15, 0.2) is 0 Å². The second kappa shape index (κ2) is 8.53. The number of benzene rings is 2. The quantitative estimate of drug-likeness (QED) is 0.514. The van der Waals surface area contributed by atoms with Crippen LogP contribution in [0.1, 0.15) is 21.6 Å². The lowest BCUT2D eigenvalue weighted by molar-refractivity contribution is -0.138. The van der Waals surface area contributed by atoms with Crippen molar-refractivity contribution in [3.63, 3.8) is 0 Å². The van der Waals surface area contributed by atoms with E-state index in [1.165, 1.54) is 0 Å². The topological polar surface area (TPSA) is 125 Å². The van der Waals surface area contributed by atoms with Crippen LogP contribution in [0.3, 0.4) is 0 Å². The van der Waals surface area contributed by atoms with Crippen LogP contribution >= 0.6 is 0 Å². The number of H-pyrrole nitrogens is 1. The molecule has 1 atom stereocenters. The molecule has 0 aliphatic carbocycles. The summed E-state index contributed by atoms with van der Waals surface area (Å²) >= 11 is 0. The molecule has 148 valence electrons. The van der Waals surface area contributed by atoms with Crippen LogP contribution in [-0.4, -0.2) is 28.0 Å².